The fourth-order valence-corrected chi connectivity index (χ4v) is 3.34. The topological polar surface area (TPSA) is 94.8 Å². The summed E-state index contributed by atoms with van der Waals surface area (Å²) in [4.78, 5) is 11.2. The van der Waals surface area contributed by atoms with Crippen LogP contribution in [0.2, 0.25) is 0 Å². The van der Waals surface area contributed by atoms with Gasteiger partial charge in [-0.05, 0) is 24.3 Å². The maximum Gasteiger partial charge on any atom is 0.229 e. The summed E-state index contributed by atoms with van der Waals surface area (Å²) in [5.74, 6) is 1.90. The fraction of sp³-hybridized carbons (Fsp3) is 0.238. The van der Waals surface area contributed by atoms with Crippen molar-refractivity contribution in [2.45, 2.75) is 0 Å². The lowest BCUT2D eigenvalue weighted by molar-refractivity contribution is 0.394. The summed E-state index contributed by atoms with van der Waals surface area (Å²) in [5.41, 5.74) is 10.6. The van der Waals surface area contributed by atoms with Crippen molar-refractivity contribution >= 4 is 40.2 Å². The minimum Gasteiger partial charge on any atom is -0.494 e. The first kappa shape index (κ1) is 19.6. The number of aromatic nitrogens is 2. The van der Waals surface area contributed by atoms with Crippen LogP contribution in [0.15, 0.2) is 48.7 Å². The van der Waals surface area contributed by atoms with Crippen LogP contribution < -0.4 is 31.0 Å². The van der Waals surface area contributed by atoms with Crippen LogP contribution in [0.5, 0.6) is 5.75 Å². The number of methoxy groups -OCH3 is 1. The summed E-state index contributed by atoms with van der Waals surface area (Å²) >= 11 is 0. The second-order valence-electron chi connectivity index (χ2n) is 7.13. The number of hydrazine groups is 1. The Balaban J connectivity index is 1.63. The van der Waals surface area contributed by atoms with Crippen LogP contribution >= 0.6 is 0 Å². The maximum atomic E-state index is 6.30. The number of ether oxygens (including phenoxy) is 1. The number of benzene rings is 2. The first-order chi connectivity index (χ1) is 14.5. The van der Waals surface area contributed by atoms with Crippen LogP contribution in [-0.2, 0) is 0 Å². The van der Waals surface area contributed by atoms with Gasteiger partial charge in [-0.25, -0.2) is 9.99 Å². The maximum absolute atomic E-state index is 6.30. The molecule has 0 bridgehead atoms. The number of fused-ring (bicyclic) bond motifs is 1. The molecule has 2 aromatic carbocycles. The zero-order valence-electron chi connectivity index (χ0n) is 17.5. The van der Waals surface area contributed by atoms with Crippen LogP contribution in [0.25, 0.3) is 0 Å². The zero-order valence-corrected chi connectivity index (χ0v) is 17.5. The van der Waals surface area contributed by atoms with E-state index in [-0.39, 0.29) is 0 Å². The molecule has 9 heteroatoms. The SMILES string of the molecule is COc1cc(N(C)N(C)C)c(N)cc1Nc1nccc(N2CNc3ccccc32)n1. The third-order valence-corrected chi connectivity index (χ3v) is 5.08. The standard InChI is InChI=1S/C21H26N8O/c1-27(2)28(3)18-12-19(30-4)16(11-14(18)22)25-21-23-10-9-20(26-21)29-13-24-15-7-5-6-8-17(15)29/h5-12,24H,13,22H2,1-4H3,(H,23,25,26). The lowest BCUT2D eigenvalue weighted by atomic mass is 10.2. The van der Waals surface area contributed by atoms with Gasteiger partial charge in [0.1, 0.15) is 11.6 Å². The smallest absolute Gasteiger partial charge is 0.229 e. The van der Waals surface area contributed by atoms with E-state index in [2.05, 4.69) is 37.6 Å². The van der Waals surface area contributed by atoms with Gasteiger partial charge in [0, 0.05) is 33.4 Å². The summed E-state index contributed by atoms with van der Waals surface area (Å²) in [6.45, 7) is 0.650. The van der Waals surface area contributed by atoms with E-state index in [9.17, 15) is 0 Å². The molecule has 30 heavy (non-hydrogen) atoms. The number of nitrogens with zero attached hydrogens (tertiary/aromatic N) is 5. The van der Waals surface area contributed by atoms with Crippen molar-refractivity contribution in [2.75, 3.05) is 61.2 Å². The van der Waals surface area contributed by atoms with Crippen molar-refractivity contribution in [3.63, 3.8) is 0 Å². The van der Waals surface area contributed by atoms with Crippen LogP contribution in [0.4, 0.5) is 40.2 Å². The lowest BCUT2D eigenvalue weighted by Crippen LogP contribution is -2.33. The minimum atomic E-state index is 0.461. The fourth-order valence-electron chi connectivity index (χ4n) is 3.34. The van der Waals surface area contributed by atoms with Crippen LogP contribution in [0, 0.1) is 0 Å². The molecule has 2 heterocycles. The summed E-state index contributed by atoms with van der Waals surface area (Å²) in [6.07, 6.45) is 1.73. The number of anilines is 7. The van der Waals surface area contributed by atoms with E-state index in [0.29, 0.717) is 29.7 Å². The van der Waals surface area contributed by atoms with E-state index < -0.39 is 0 Å². The third-order valence-electron chi connectivity index (χ3n) is 5.08. The predicted octanol–water partition coefficient (Wildman–Crippen LogP) is 3.24. The van der Waals surface area contributed by atoms with Gasteiger partial charge in [-0.2, -0.15) is 4.98 Å². The molecule has 0 fully saturated rings. The van der Waals surface area contributed by atoms with E-state index in [0.717, 1.165) is 22.9 Å². The number of hydrogen-bond acceptors (Lipinski definition) is 9. The van der Waals surface area contributed by atoms with E-state index in [1.165, 1.54) is 0 Å². The predicted molar refractivity (Wildman–Crippen MR) is 122 cm³/mol. The van der Waals surface area contributed by atoms with Crippen molar-refractivity contribution in [1.82, 2.24) is 15.0 Å². The Morgan fingerprint density at radius 2 is 1.97 bits per heavy atom. The van der Waals surface area contributed by atoms with Gasteiger partial charge >= 0.3 is 0 Å². The molecule has 0 radical (unpaired) electrons. The zero-order chi connectivity index (χ0) is 21.3. The molecule has 0 spiro atoms. The van der Waals surface area contributed by atoms with Gasteiger partial charge in [0.25, 0.3) is 0 Å². The van der Waals surface area contributed by atoms with Gasteiger partial charge in [0.15, 0.2) is 0 Å². The van der Waals surface area contributed by atoms with E-state index in [4.69, 9.17) is 10.5 Å². The molecule has 0 aliphatic carbocycles. The molecule has 0 saturated heterocycles. The van der Waals surface area contributed by atoms with Crippen molar-refractivity contribution in [3.05, 3.63) is 48.7 Å². The minimum absolute atomic E-state index is 0.461. The molecule has 1 aliphatic rings. The molecular weight excluding hydrogens is 380 g/mol. The summed E-state index contributed by atoms with van der Waals surface area (Å²) in [5, 5.41) is 10.5. The van der Waals surface area contributed by atoms with E-state index in [1.54, 1.807) is 13.3 Å². The van der Waals surface area contributed by atoms with E-state index >= 15 is 0 Å². The molecule has 4 N–H and O–H groups in total. The van der Waals surface area contributed by atoms with Gasteiger partial charge in [-0.3, -0.25) is 0 Å². The Kier molecular flexibility index (Phi) is 5.20. The second-order valence-corrected chi connectivity index (χ2v) is 7.13. The van der Waals surface area contributed by atoms with E-state index in [1.807, 2.05) is 61.5 Å². The molecule has 0 atom stereocenters. The monoisotopic (exact) mass is 406 g/mol. The molecular formula is C21H26N8O. The number of rotatable bonds is 6. The highest BCUT2D eigenvalue weighted by Crippen LogP contribution is 2.38. The molecule has 0 amide bonds. The number of nitrogen functional groups attached to an aromatic ring is 1. The highest BCUT2D eigenvalue weighted by Gasteiger charge is 2.21. The van der Waals surface area contributed by atoms with Crippen LogP contribution in [-0.4, -0.2) is 49.9 Å². The van der Waals surface area contributed by atoms with Gasteiger partial charge in [0.2, 0.25) is 5.95 Å². The first-order valence-electron chi connectivity index (χ1n) is 9.57. The molecule has 1 aliphatic heterocycles. The molecule has 4 rings (SSSR count). The number of nitrogens with two attached hydrogens (primary N) is 1. The third kappa shape index (κ3) is 3.62. The van der Waals surface area contributed by atoms with Gasteiger partial charge < -0.3 is 31.0 Å². The molecule has 0 saturated carbocycles. The Hall–Kier alpha value is -3.72. The van der Waals surface area contributed by atoms with Crippen LogP contribution in [0.1, 0.15) is 0 Å². The van der Waals surface area contributed by atoms with Gasteiger partial charge in [-0.1, -0.05) is 12.1 Å². The average Bonchev–Trinajstić information content (AvgIpc) is 3.18. The normalized spacial score (nSPS) is 12.5. The van der Waals surface area contributed by atoms with Crippen molar-refractivity contribution in [3.8, 4) is 5.75 Å². The highest BCUT2D eigenvalue weighted by molar-refractivity contribution is 5.81. The Morgan fingerprint density at radius 1 is 1.17 bits per heavy atom. The van der Waals surface area contributed by atoms with Gasteiger partial charge in [-0.15, -0.1) is 0 Å². The highest BCUT2D eigenvalue weighted by atomic mass is 16.5. The van der Waals surface area contributed by atoms with Gasteiger partial charge in [0.05, 0.1) is 42.2 Å². The average molecular weight is 406 g/mol. The molecule has 1 aromatic heterocycles. The first-order valence-corrected chi connectivity index (χ1v) is 9.57. The molecule has 0 unspecified atom stereocenters. The largest absolute Gasteiger partial charge is 0.494 e. The molecule has 3 aromatic rings. The van der Waals surface area contributed by atoms with Crippen molar-refractivity contribution in [1.29, 1.82) is 0 Å². The quantitative estimate of drug-likeness (QED) is 0.421. The number of nitrogens with one attached hydrogen (secondary N) is 2. The van der Waals surface area contributed by atoms with Crippen molar-refractivity contribution in [2.24, 2.45) is 0 Å². The lowest BCUT2D eigenvalue weighted by Gasteiger charge is -2.28. The summed E-state index contributed by atoms with van der Waals surface area (Å²) in [6, 6.07) is 13.7. The number of para-hydroxylation sites is 2. The van der Waals surface area contributed by atoms with Crippen molar-refractivity contribution < 1.29 is 4.74 Å². The Morgan fingerprint density at radius 3 is 2.73 bits per heavy atom. The second kappa shape index (κ2) is 7.96. The Bertz CT molecular complexity index is 1050. The Labute approximate surface area is 176 Å². The number of hydrogen-bond donors (Lipinski definition) is 3. The molecule has 9 nitrogen and oxygen atoms in total. The van der Waals surface area contributed by atoms with Crippen LogP contribution in [0.3, 0.4) is 0 Å². The molecule has 156 valence electrons. The summed E-state index contributed by atoms with van der Waals surface area (Å²) in [7, 11) is 7.46. The summed E-state index contributed by atoms with van der Waals surface area (Å²) < 4.78 is 5.58.